The Hall–Kier alpha value is -2.38. The fourth-order valence-corrected chi connectivity index (χ4v) is 1.47. The number of nitrogens with zero attached hydrogens (tertiary/aromatic N) is 2. The molecule has 1 aromatic rings. The van der Waals surface area contributed by atoms with E-state index in [1.54, 1.807) is 7.05 Å². The molecule has 0 unspecified atom stereocenters. The first kappa shape index (κ1) is 15.7. The fourth-order valence-electron chi connectivity index (χ4n) is 1.47. The van der Waals surface area contributed by atoms with Gasteiger partial charge in [0.15, 0.2) is 11.6 Å². The molecule has 0 atom stereocenters. The smallest absolute Gasteiger partial charge is 0.313 e. The molecule has 0 saturated carbocycles. The summed E-state index contributed by atoms with van der Waals surface area (Å²) in [5.74, 6) is -1.11. The van der Waals surface area contributed by atoms with Gasteiger partial charge in [-0.25, -0.2) is 4.39 Å². The van der Waals surface area contributed by atoms with Gasteiger partial charge in [0.1, 0.15) is 0 Å². The van der Waals surface area contributed by atoms with E-state index in [-0.39, 0.29) is 23.9 Å². The predicted molar refractivity (Wildman–Crippen MR) is 71.4 cm³/mol. The van der Waals surface area contributed by atoms with Gasteiger partial charge in [0.05, 0.1) is 30.3 Å². The molecule has 1 rings (SSSR count). The van der Waals surface area contributed by atoms with Crippen molar-refractivity contribution in [3.8, 4) is 5.75 Å². The molecule has 0 aliphatic carbocycles. The molecule has 0 bridgehead atoms. The Bertz CT molecular complexity index is 522. The van der Waals surface area contributed by atoms with Gasteiger partial charge >= 0.3 is 5.69 Å². The molecule has 0 saturated heterocycles. The van der Waals surface area contributed by atoms with Crippen LogP contribution >= 0.6 is 0 Å². The molecule has 1 N–H and O–H groups in total. The number of halogens is 1. The van der Waals surface area contributed by atoms with Gasteiger partial charge in [-0.2, -0.15) is 0 Å². The Kier molecular flexibility index (Phi) is 5.24. The molecule has 0 aliphatic heterocycles. The van der Waals surface area contributed by atoms with E-state index in [1.807, 2.05) is 6.92 Å². The number of anilines is 1. The highest BCUT2D eigenvalue weighted by Crippen LogP contribution is 2.32. The molecule has 1 aromatic carbocycles. The molecule has 0 radical (unpaired) electrons. The Morgan fingerprint density at radius 1 is 1.55 bits per heavy atom. The van der Waals surface area contributed by atoms with Crippen LogP contribution in [-0.4, -0.2) is 43.0 Å². The maximum Gasteiger partial charge on any atom is 0.313 e. The number of methoxy groups -OCH3 is 1. The van der Waals surface area contributed by atoms with Crippen molar-refractivity contribution in [1.82, 2.24) is 4.90 Å². The predicted octanol–water partition coefficient (Wildman–Crippen LogP) is 1.63. The Morgan fingerprint density at radius 2 is 2.20 bits per heavy atom. The highest BCUT2D eigenvalue weighted by atomic mass is 19.1. The van der Waals surface area contributed by atoms with Gasteiger partial charge in [0, 0.05) is 19.7 Å². The van der Waals surface area contributed by atoms with E-state index in [9.17, 15) is 19.3 Å². The van der Waals surface area contributed by atoms with Crippen molar-refractivity contribution in [2.75, 3.05) is 32.6 Å². The van der Waals surface area contributed by atoms with E-state index in [0.29, 0.717) is 6.54 Å². The summed E-state index contributed by atoms with van der Waals surface area (Å²) < 4.78 is 18.5. The molecular formula is C12H16FN3O4. The highest BCUT2D eigenvalue weighted by molar-refractivity contribution is 5.80. The number of rotatable bonds is 6. The van der Waals surface area contributed by atoms with Crippen LogP contribution in [-0.2, 0) is 4.79 Å². The van der Waals surface area contributed by atoms with Crippen LogP contribution in [0, 0.1) is 15.9 Å². The number of hydrogen-bond acceptors (Lipinski definition) is 5. The topological polar surface area (TPSA) is 84.7 Å². The van der Waals surface area contributed by atoms with Gasteiger partial charge in [0.25, 0.3) is 0 Å². The van der Waals surface area contributed by atoms with Crippen LogP contribution in [0.15, 0.2) is 12.1 Å². The summed E-state index contributed by atoms with van der Waals surface area (Å²) in [5.41, 5.74) is -0.488. The first-order chi connectivity index (χ1) is 9.40. The lowest BCUT2D eigenvalue weighted by Gasteiger charge is -2.15. The number of amides is 1. The third-order valence-corrected chi connectivity index (χ3v) is 2.80. The minimum Gasteiger partial charge on any atom is -0.490 e. The zero-order valence-corrected chi connectivity index (χ0v) is 11.5. The summed E-state index contributed by atoms with van der Waals surface area (Å²) in [7, 11) is 2.87. The van der Waals surface area contributed by atoms with Crippen molar-refractivity contribution < 1.29 is 18.8 Å². The molecule has 1 amide bonds. The molecule has 0 spiro atoms. The first-order valence-corrected chi connectivity index (χ1v) is 5.90. The van der Waals surface area contributed by atoms with E-state index in [4.69, 9.17) is 4.74 Å². The second-order valence-electron chi connectivity index (χ2n) is 4.02. The highest BCUT2D eigenvalue weighted by Gasteiger charge is 2.19. The summed E-state index contributed by atoms with van der Waals surface area (Å²) >= 11 is 0. The van der Waals surface area contributed by atoms with Crippen molar-refractivity contribution >= 4 is 17.3 Å². The summed E-state index contributed by atoms with van der Waals surface area (Å²) in [6.45, 7) is 2.24. The number of nitro groups is 1. The third kappa shape index (κ3) is 3.56. The standard InChI is InChI=1S/C12H16FN3O4/c1-4-15(2)12(17)7-14-9-6-11(20-3)10(16(18)19)5-8(9)13/h5-6,14H,4,7H2,1-3H3. The van der Waals surface area contributed by atoms with Crippen molar-refractivity contribution in [2.45, 2.75) is 6.92 Å². The van der Waals surface area contributed by atoms with Crippen LogP contribution in [0.1, 0.15) is 6.92 Å². The number of hydrogen-bond donors (Lipinski definition) is 1. The van der Waals surface area contributed by atoms with Gasteiger partial charge in [-0.1, -0.05) is 0 Å². The summed E-state index contributed by atoms with van der Waals surface area (Å²) in [6, 6.07) is 1.92. The second-order valence-corrected chi connectivity index (χ2v) is 4.02. The summed E-state index contributed by atoms with van der Waals surface area (Å²) in [5, 5.41) is 13.3. The van der Waals surface area contributed by atoms with Gasteiger partial charge < -0.3 is 15.0 Å². The SMILES string of the molecule is CCN(C)C(=O)CNc1cc(OC)c([N+](=O)[O-])cc1F. The average Bonchev–Trinajstić information content (AvgIpc) is 2.44. The number of likely N-dealkylation sites (N-methyl/N-ethyl adjacent to an activating group) is 1. The summed E-state index contributed by atoms with van der Waals surface area (Å²) in [4.78, 5) is 23.0. The van der Waals surface area contributed by atoms with E-state index < -0.39 is 16.4 Å². The molecule has 20 heavy (non-hydrogen) atoms. The normalized spacial score (nSPS) is 10.0. The number of carbonyl (C=O) groups excluding carboxylic acids is 1. The molecule has 0 aromatic heterocycles. The van der Waals surface area contributed by atoms with Gasteiger partial charge in [0.2, 0.25) is 5.91 Å². The van der Waals surface area contributed by atoms with Gasteiger partial charge in [-0.05, 0) is 6.92 Å². The lowest BCUT2D eigenvalue weighted by atomic mass is 10.2. The molecule has 0 fully saturated rings. The van der Waals surface area contributed by atoms with Gasteiger partial charge in [-0.15, -0.1) is 0 Å². The number of benzene rings is 1. The molecule has 110 valence electrons. The lowest BCUT2D eigenvalue weighted by molar-refractivity contribution is -0.385. The van der Waals surface area contributed by atoms with Crippen LogP contribution < -0.4 is 10.1 Å². The summed E-state index contributed by atoms with van der Waals surface area (Å²) in [6.07, 6.45) is 0. The van der Waals surface area contributed by atoms with Crippen LogP contribution in [0.5, 0.6) is 5.75 Å². The average molecular weight is 285 g/mol. The van der Waals surface area contributed by atoms with Gasteiger partial charge in [-0.3, -0.25) is 14.9 Å². The van der Waals surface area contributed by atoms with E-state index >= 15 is 0 Å². The van der Waals surface area contributed by atoms with Crippen LogP contribution in [0.4, 0.5) is 15.8 Å². The Labute approximate surface area is 115 Å². The van der Waals surface area contributed by atoms with Crippen molar-refractivity contribution in [3.63, 3.8) is 0 Å². The van der Waals surface area contributed by atoms with Crippen molar-refractivity contribution in [3.05, 3.63) is 28.1 Å². The number of ether oxygens (including phenoxy) is 1. The molecule has 7 nitrogen and oxygen atoms in total. The zero-order valence-electron chi connectivity index (χ0n) is 11.5. The number of nitro benzene ring substituents is 1. The number of carbonyl (C=O) groups is 1. The largest absolute Gasteiger partial charge is 0.490 e. The van der Waals surface area contributed by atoms with E-state index in [2.05, 4.69) is 5.32 Å². The Morgan fingerprint density at radius 3 is 2.70 bits per heavy atom. The lowest BCUT2D eigenvalue weighted by Crippen LogP contribution is -2.32. The maximum atomic E-state index is 13.7. The van der Waals surface area contributed by atoms with Crippen molar-refractivity contribution in [2.24, 2.45) is 0 Å². The van der Waals surface area contributed by atoms with Crippen LogP contribution in [0.25, 0.3) is 0 Å². The first-order valence-electron chi connectivity index (χ1n) is 5.90. The fraction of sp³-hybridized carbons (Fsp3) is 0.417. The minimum atomic E-state index is -0.815. The third-order valence-electron chi connectivity index (χ3n) is 2.80. The number of nitrogens with one attached hydrogen (secondary N) is 1. The molecule has 0 aliphatic rings. The monoisotopic (exact) mass is 285 g/mol. The molecule has 8 heteroatoms. The second kappa shape index (κ2) is 6.69. The molecular weight excluding hydrogens is 269 g/mol. The minimum absolute atomic E-state index is 0.0229. The Balaban J connectivity index is 2.91. The maximum absolute atomic E-state index is 13.7. The van der Waals surface area contributed by atoms with Crippen LogP contribution in [0.2, 0.25) is 0 Å². The molecule has 0 heterocycles. The zero-order chi connectivity index (χ0) is 15.3. The van der Waals surface area contributed by atoms with E-state index in [0.717, 1.165) is 12.1 Å². The van der Waals surface area contributed by atoms with E-state index in [1.165, 1.54) is 12.0 Å². The quantitative estimate of drug-likeness (QED) is 0.634. The van der Waals surface area contributed by atoms with Crippen molar-refractivity contribution in [1.29, 1.82) is 0 Å². The van der Waals surface area contributed by atoms with Crippen LogP contribution in [0.3, 0.4) is 0 Å².